The molecule has 1 aromatic carbocycles. The zero-order valence-corrected chi connectivity index (χ0v) is 15.8. The molecule has 0 saturated carbocycles. The molecule has 2 heterocycles. The molecule has 1 atom stereocenters. The van der Waals surface area contributed by atoms with Crippen LogP contribution in [0.1, 0.15) is 24.5 Å². The van der Waals surface area contributed by atoms with E-state index >= 15 is 0 Å². The lowest BCUT2D eigenvalue weighted by molar-refractivity contribution is -0.121. The van der Waals surface area contributed by atoms with Crippen molar-refractivity contribution in [3.63, 3.8) is 0 Å². The highest BCUT2D eigenvalue weighted by Gasteiger charge is 2.07. The highest BCUT2D eigenvalue weighted by atomic mass is 16.5. The fraction of sp³-hybridized carbons (Fsp3) is 0.286. The third-order valence-electron chi connectivity index (χ3n) is 4.23. The number of aryl methyl sites for hydroxylation is 1. The number of ether oxygens (including phenoxy) is 1. The quantitative estimate of drug-likeness (QED) is 0.530. The summed E-state index contributed by atoms with van der Waals surface area (Å²) >= 11 is 0. The highest BCUT2D eigenvalue weighted by molar-refractivity contribution is 5.76. The van der Waals surface area contributed by atoms with Gasteiger partial charge in [-0.3, -0.25) is 14.9 Å². The van der Waals surface area contributed by atoms with E-state index in [0.717, 1.165) is 22.5 Å². The summed E-state index contributed by atoms with van der Waals surface area (Å²) in [5, 5.41) is 18.5. The number of aromatic amines is 1. The van der Waals surface area contributed by atoms with Crippen LogP contribution in [0.4, 0.5) is 0 Å². The van der Waals surface area contributed by atoms with Crippen molar-refractivity contribution in [1.29, 1.82) is 0 Å². The summed E-state index contributed by atoms with van der Waals surface area (Å²) < 4.78 is 5.82. The number of benzene rings is 1. The van der Waals surface area contributed by atoms with Gasteiger partial charge in [0, 0.05) is 18.7 Å². The van der Waals surface area contributed by atoms with E-state index < -0.39 is 0 Å². The van der Waals surface area contributed by atoms with E-state index in [0.29, 0.717) is 25.2 Å². The van der Waals surface area contributed by atoms with Crippen molar-refractivity contribution in [2.24, 2.45) is 0 Å². The molecule has 0 aliphatic rings. The Labute approximate surface area is 163 Å². The molecule has 28 heavy (non-hydrogen) atoms. The number of nitrogens with zero attached hydrogens (tertiary/aromatic N) is 2. The molecule has 3 N–H and O–H groups in total. The minimum absolute atomic E-state index is 0.0592. The van der Waals surface area contributed by atoms with E-state index in [1.54, 1.807) is 19.3 Å². The van der Waals surface area contributed by atoms with Gasteiger partial charge in [0.2, 0.25) is 5.91 Å². The van der Waals surface area contributed by atoms with Crippen LogP contribution in [-0.2, 0) is 17.8 Å². The first kappa shape index (κ1) is 19.6. The average molecular weight is 380 g/mol. The Bertz CT molecular complexity index is 879. The van der Waals surface area contributed by atoms with Crippen LogP contribution in [0.15, 0.2) is 54.9 Å². The molecule has 0 aliphatic carbocycles. The number of aliphatic hydroxyl groups excluding tert-OH is 1. The lowest BCUT2D eigenvalue weighted by atomic mass is 10.1. The Balaban J connectivity index is 1.51. The summed E-state index contributed by atoms with van der Waals surface area (Å²) in [7, 11) is 0. The lowest BCUT2D eigenvalue weighted by Gasteiger charge is -2.11. The number of aliphatic hydroxyl groups is 1. The first-order chi connectivity index (χ1) is 13.6. The van der Waals surface area contributed by atoms with Crippen LogP contribution in [-0.4, -0.2) is 38.8 Å². The third-order valence-corrected chi connectivity index (χ3v) is 4.23. The number of carbonyl (C=O) groups is 1. The first-order valence-corrected chi connectivity index (χ1v) is 9.20. The molecule has 0 fully saturated rings. The summed E-state index contributed by atoms with van der Waals surface area (Å²) in [6, 6.07) is 13.4. The molecule has 1 amide bonds. The maximum atomic E-state index is 11.8. The fourth-order valence-corrected chi connectivity index (χ4v) is 2.72. The SMILES string of the molecule is CC(CO)NC(=O)CCc1cccc(COc2ccc(-c3ccn[nH]3)nc2)c1. The van der Waals surface area contributed by atoms with E-state index in [1.165, 1.54) is 0 Å². The molecule has 2 aromatic heterocycles. The summed E-state index contributed by atoms with van der Waals surface area (Å²) in [5.74, 6) is 0.623. The number of pyridine rings is 1. The van der Waals surface area contributed by atoms with Crippen LogP contribution in [0.3, 0.4) is 0 Å². The Kier molecular flexibility index (Phi) is 6.75. The van der Waals surface area contributed by atoms with Crippen LogP contribution >= 0.6 is 0 Å². The smallest absolute Gasteiger partial charge is 0.220 e. The maximum Gasteiger partial charge on any atom is 0.220 e. The van der Waals surface area contributed by atoms with Gasteiger partial charge >= 0.3 is 0 Å². The Morgan fingerprint density at radius 1 is 1.25 bits per heavy atom. The van der Waals surface area contributed by atoms with Gasteiger partial charge in [0.05, 0.1) is 24.2 Å². The van der Waals surface area contributed by atoms with Gasteiger partial charge in [-0.25, -0.2) is 0 Å². The average Bonchev–Trinajstić information content (AvgIpc) is 3.26. The molecular formula is C21H24N4O3. The van der Waals surface area contributed by atoms with Crippen molar-refractivity contribution in [1.82, 2.24) is 20.5 Å². The van der Waals surface area contributed by atoms with Gasteiger partial charge in [0.25, 0.3) is 0 Å². The molecule has 0 bridgehead atoms. The molecule has 0 radical (unpaired) electrons. The van der Waals surface area contributed by atoms with Gasteiger partial charge in [-0.05, 0) is 42.7 Å². The van der Waals surface area contributed by atoms with Crippen molar-refractivity contribution < 1.29 is 14.6 Å². The summed E-state index contributed by atoms with van der Waals surface area (Å²) in [6.45, 7) is 2.13. The molecule has 0 saturated heterocycles. The topological polar surface area (TPSA) is 100 Å². The number of rotatable bonds is 9. The number of nitrogens with one attached hydrogen (secondary N) is 2. The van der Waals surface area contributed by atoms with Crippen LogP contribution in [0.25, 0.3) is 11.4 Å². The largest absolute Gasteiger partial charge is 0.487 e. The van der Waals surface area contributed by atoms with E-state index in [9.17, 15) is 4.79 Å². The summed E-state index contributed by atoms with van der Waals surface area (Å²) in [6.07, 6.45) is 4.39. The molecule has 0 aliphatic heterocycles. The van der Waals surface area contributed by atoms with Crippen LogP contribution in [0.5, 0.6) is 5.75 Å². The number of aromatic nitrogens is 3. The third kappa shape index (κ3) is 5.65. The molecular weight excluding hydrogens is 356 g/mol. The standard InChI is InChI=1S/C21H24N4O3/c1-15(13-26)24-21(27)8-5-16-3-2-4-17(11-16)14-28-18-6-7-19(22-12-18)20-9-10-23-25-20/h2-4,6-7,9-12,15,26H,5,8,13-14H2,1H3,(H,23,25)(H,24,27). The van der Waals surface area contributed by atoms with Crippen LogP contribution in [0, 0.1) is 0 Å². The molecule has 1 unspecified atom stereocenters. The van der Waals surface area contributed by atoms with E-state index in [2.05, 4.69) is 20.5 Å². The van der Waals surface area contributed by atoms with Crippen molar-refractivity contribution in [2.75, 3.05) is 6.61 Å². The summed E-state index contributed by atoms with van der Waals surface area (Å²) in [4.78, 5) is 16.2. The van der Waals surface area contributed by atoms with E-state index in [1.807, 2.05) is 42.5 Å². The zero-order valence-electron chi connectivity index (χ0n) is 15.8. The van der Waals surface area contributed by atoms with Crippen molar-refractivity contribution in [2.45, 2.75) is 32.4 Å². The van der Waals surface area contributed by atoms with Gasteiger partial charge in [-0.2, -0.15) is 5.10 Å². The molecule has 7 nitrogen and oxygen atoms in total. The second-order valence-corrected chi connectivity index (χ2v) is 6.61. The monoisotopic (exact) mass is 380 g/mol. The number of carbonyl (C=O) groups excluding carboxylic acids is 1. The van der Waals surface area contributed by atoms with Gasteiger partial charge in [0.15, 0.2) is 0 Å². The predicted molar refractivity (Wildman–Crippen MR) is 106 cm³/mol. The number of H-pyrrole nitrogens is 1. The van der Waals surface area contributed by atoms with Gasteiger partial charge in [-0.1, -0.05) is 24.3 Å². The Hall–Kier alpha value is -3.19. The minimum Gasteiger partial charge on any atom is -0.487 e. The zero-order chi connectivity index (χ0) is 19.8. The highest BCUT2D eigenvalue weighted by Crippen LogP contribution is 2.18. The first-order valence-electron chi connectivity index (χ1n) is 9.20. The molecule has 7 heteroatoms. The van der Waals surface area contributed by atoms with Gasteiger partial charge < -0.3 is 15.2 Å². The predicted octanol–water partition coefficient (Wildman–Crippen LogP) is 2.48. The number of hydrogen-bond donors (Lipinski definition) is 3. The molecule has 146 valence electrons. The van der Waals surface area contributed by atoms with Crippen molar-refractivity contribution >= 4 is 5.91 Å². The molecule has 0 spiro atoms. The Morgan fingerprint density at radius 2 is 2.11 bits per heavy atom. The van der Waals surface area contributed by atoms with Crippen LogP contribution in [0.2, 0.25) is 0 Å². The van der Waals surface area contributed by atoms with Gasteiger partial charge in [0.1, 0.15) is 12.4 Å². The van der Waals surface area contributed by atoms with Crippen molar-refractivity contribution in [3.05, 3.63) is 66.0 Å². The van der Waals surface area contributed by atoms with E-state index in [4.69, 9.17) is 9.84 Å². The van der Waals surface area contributed by atoms with Crippen molar-refractivity contribution in [3.8, 4) is 17.1 Å². The van der Waals surface area contributed by atoms with E-state index in [-0.39, 0.29) is 18.6 Å². The van der Waals surface area contributed by atoms with Crippen LogP contribution < -0.4 is 10.1 Å². The second kappa shape index (κ2) is 9.66. The summed E-state index contributed by atoms with van der Waals surface area (Å²) in [5.41, 5.74) is 3.76. The normalized spacial score (nSPS) is 11.8. The molecule has 3 aromatic rings. The minimum atomic E-state index is -0.222. The second-order valence-electron chi connectivity index (χ2n) is 6.61. The number of hydrogen-bond acceptors (Lipinski definition) is 5. The fourth-order valence-electron chi connectivity index (χ4n) is 2.72. The van der Waals surface area contributed by atoms with Gasteiger partial charge in [-0.15, -0.1) is 0 Å². The Morgan fingerprint density at radius 3 is 2.82 bits per heavy atom. The maximum absolute atomic E-state index is 11.8. The molecule has 3 rings (SSSR count). The number of amides is 1. The lowest BCUT2D eigenvalue weighted by Crippen LogP contribution is -2.35.